The molecule has 0 unspecified atom stereocenters. The minimum Gasteiger partial charge on any atom is -0.325 e. The van der Waals surface area contributed by atoms with Gasteiger partial charge in [-0.15, -0.1) is 0 Å². The molecule has 0 spiro atoms. The smallest absolute Gasteiger partial charge is 0.264 e. The SMILES string of the molecule is CCc1ccccc1N(CC(=O)Nc1ccc(S(=O)(=O)N(CC)CC)cc1)S(=O)(=O)c1ccccc1. The topological polar surface area (TPSA) is 104 Å². The highest BCUT2D eigenvalue weighted by atomic mass is 32.2. The molecule has 0 radical (unpaired) electrons. The molecule has 0 aliphatic rings. The number of nitrogens with zero attached hydrogens (tertiary/aromatic N) is 2. The molecule has 3 rings (SSSR count). The Labute approximate surface area is 213 Å². The molecule has 8 nitrogen and oxygen atoms in total. The molecule has 1 amide bonds. The van der Waals surface area contributed by atoms with Crippen LogP contribution in [0, 0.1) is 0 Å². The average molecular weight is 530 g/mol. The van der Waals surface area contributed by atoms with Crippen molar-refractivity contribution in [3.63, 3.8) is 0 Å². The zero-order chi connectivity index (χ0) is 26.3. The standard InChI is InChI=1S/C26H31N3O5S2/c1-4-21-12-10-11-15-25(21)29(36(33,34)23-13-8-7-9-14-23)20-26(30)27-22-16-18-24(19-17-22)35(31,32)28(5-2)6-3/h7-19H,4-6,20H2,1-3H3,(H,27,30). The quantitative estimate of drug-likeness (QED) is 0.403. The predicted octanol–water partition coefficient (Wildman–Crippen LogP) is 4.11. The fourth-order valence-corrected chi connectivity index (χ4v) is 6.76. The van der Waals surface area contributed by atoms with Gasteiger partial charge in [0.1, 0.15) is 6.54 Å². The molecule has 10 heteroatoms. The summed E-state index contributed by atoms with van der Waals surface area (Å²) in [6, 6.07) is 20.9. The summed E-state index contributed by atoms with van der Waals surface area (Å²) in [6.07, 6.45) is 0.584. The van der Waals surface area contributed by atoms with Crippen molar-refractivity contribution in [3.05, 3.63) is 84.4 Å². The number of amides is 1. The van der Waals surface area contributed by atoms with Gasteiger partial charge in [0.25, 0.3) is 10.0 Å². The lowest BCUT2D eigenvalue weighted by Gasteiger charge is -2.26. The van der Waals surface area contributed by atoms with E-state index in [0.29, 0.717) is 30.9 Å². The first kappa shape index (κ1) is 27.4. The summed E-state index contributed by atoms with van der Waals surface area (Å²) in [7, 11) is -7.65. The zero-order valence-electron chi connectivity index (χ0n) is 20.6. The molecule has 0 fully saturated rings. The summed E-state index contributed by atoms with van der Waals surface area (Å²) >= 11 is 0. The first-order chi connectivity index (χ1) is 17.1. The number of carbonyl (C=O) groups is 1. The normalized spacial score (nSPS) is 11.9. The van der Waals surface area contributed by atoms with Crippen molar-refractivity contribution >= 4 is 37.3 Å². The molecule has 192 valence electrons. The number of carbonyl (C=O) groups excluding carboxylic acids is 1. The molecular formula is C26H31N3O5S2. The third-order valence-electron chi connectivity index (χ3n) is 5.74. The molecule has 0 bridgehead atoms. The highest BCUT2D eigenvalue weighted by Crippen LogP contribution is 2.28. The summed E-state index contributed by atoms with van der Waals surface area (Å²) in [6.45, 7) is 5.70. The molecule has 0 heterocycles. The van der Waals surface area contributed by atoms with Crippen LogP contribution in [-0.4, -0.2) is 46.7 Å². The van der Waals surface area contributed by atoms with E-state index in [4.69, 9.17) is 0 Å². The predicted molar refractivity (Wildman–Crippen MR) is 142 cm³/mol. The minimum atomic E-state index is -4.03. The number of anilines is 2. The van der Waals surface area contributed by atoms with Crippen LogP contribution in [0.25, 0.3) is 0 Å². The Hall–Kier alpha value is -3.21. The molecule has 1 N–H and O–H groups in total. The van der Waals surface area contributed by atoms with Gasteiger partial charge in [0.05, 0.1) is 15.5 Å². The van der Waals surface area contributed by atoms with Gasteiger partial charge < -0.3 is 5.32 Å². The second-order valence-electron chi connectivity index (χ2n) is 7.97. The Morgan fingerprint density at radius 3 is 1.86 bits per heavy atom. The van der Waals surface area contributed by atoms with Crippen molar-refractivity contribution < 1.29 is 21.6 Å². The highest BCUT2D eigenvalue weighted by Gasteiger charge is 2.28. The number of nitrogens with one attached hydrogen (secondary N) is 1. The van der Waals surface area contributed by atoms with Gasteiger partial charge in [0.15, 0.2) is 0 Å². The third kappa shape index (κ3) is 5.95. The van der Waals surface area contributed by atoms with Gasteiger partial charge in [-0.3, -0.25) is 9.10 Å². The van der Waals surface area contributed by atoms with E-state index in [2.05, 4.69) is 5.32 Å². The van der Waals surface area contributed by atoms with E-state index in [0.717, 1.165) is 9.87 Å². The average Bonchev–Trinajstić information content (AvgIpc) is 2.88. The summed E-state index contributed by atoms with van der Waals surface area (Å²) in [5, 5.41) is 2.69. The molecule has 0 aromatic heterocycles. The first-order valence-electron chi connectivity index (χ1n) is 11.7. The van der Waals surface area contributed by atoms with E-state index < -0.39 is 32.5 Å². The highest BCUT2D eigenvalue weighted by molar-refractivity contribution is 7.92. The van der Waals surface area contributed by atoms with Crippen LogP contribution in [0.2, 0.25) is 0 Å². The van der Waals surface area contributed by atoms with Crippen LogP contribution in [0.3, 0.4) is 0 Å². The Balaban J connectivity index is 1.88. The Bertz CT molecular complexity index is 1390. The van der Waals surface area contributed by atoms with E-state index in [1.54, 1.807) is 44.2 Å². The number of hydrogen-bond acceptors (Lipinski definition) is 5. The van der Waals surface area contributed by atoms with Gasteiger partial charge in [-0.2, -0.15) is 4.31 Å². The lowest BCUT2D eigenvalue weighted by Crippen LogP contribution is -2.38. The summed E-state index contributed by atoms with van der Waals surface area (Å²) in [5.74, 6) is -0.556. The number of para-hydroxylation sites is 1. The molecular weight excluding hydrogens is 498 g/mol. The fourth-order valence-electron chi connectivity index (χ4n) is 3.83. The van der Waals surface area contributed by atoms with E-state index in [9.17, 15) is 21.6 Å². The molecule has 0 saturated heterocycles. The second-order valence-corrected chi connectivity index (χ2v) is 11.8. The van der Waals surface area contributed by atoms with Crippen molar-refractivity contribution in [1.29, 1.82) is 0 Å². The fraction of sp³-hybridized carbons (Fsp3) is 0.269. The molecule has 3 aromatic carbocycles. The summed E-state index contributed by atoms with van der Waals surface area (Å²) in [4.78, 5) is 13.2. The van der Waals surface area contributed by atoms with Gasteiger partial charge in [0, 0.05) is 18.8 Å². The van der Waals surface area contributed by atoms with Crippen LogP contribution in [0.5, 0.6) is 0 Å². The van der Waals surface area contributed by atoms with E-state index >= 15 is 0 Å². The first-order valence-corrected chi connectivity index (χ1v) is 14.6. The zero-order valence-corrected chi connectivity index (χ0v) is 22.2. The van der Waals surface area contributed by atoms with Crippen LogP contribution in [0.1, 0.15) is 26.3 Å². The molecule has 0 aliphatic heterocycles. The van der Waals surface area contributed by atoms with E-state index in [1.807, 2.05) is 19.1 Å². The van der Waals surface area contributed by atoms with E-state index in [-0.39, 0.29) is 9.79 Å². The number of benzene rings is 3. The molecule has 0 atom stereocenters. The van der Waals surface area contributed by atoms with Crippen LogP contribution in [-0.2, 0) is 31.3 Å². The number of rotatable bonds is 11. The van der Waals surface area contributed by atoms with Crippen LogP contribution < -0.4 is 9.62 Å². The largest absolute Gasteiger partial charge is 0.325 e. The molecule has 0 aliphatic carbocycles. The maximum Gasteiger partial charge on any atom is 0.264 e. The van der Waals surface area contributed by atoms with Crippen molar-refractivity contribution in [2.75, 3.05) is 29.3 Å². The lowest BCUT2D eigenvalue weighted by atomic mass is 10.1. The Kier molecular flexibility index (Phi) is 8.89. The van der Waals surface area contributed by atoms with E-state index in [1.165, 1.54) is 40.7 Å². The van der Waals surface area contributed by atoms with Crippen molar-refractivity contribution in [2.24, 2.45) is 0 Å². The maximum atomic E-state index is 13.5. The van der Waals surface area contributed by atoms with Gasteiger partial charge in [-0.25, -0.2) is 16.8 Å². The molecule has 3 aromatic rings. The number of sulfonamides is 2. The minimum absolute atomic E-state index is 0.0784. The van der Waals surface area contributed by atoms with Gasteiger partial charge in [-0.1, -0.05) is 57.2 Å². The Morgan fingerprint density at radius 1 is 0.722 bits per heavy atom. The molecule has 0 saturated carbocycles. The van der Waals surface area contributed by atoms with Gasteiger partial charge in [0.2, 0.25) is 15.9 Å². The van der Waals surface area contributed by atoms with Crippen LogP contribution >= 0.6 is 0 Å². The van der Waals surface area contributed by atoms with Crippen molar-refractivity contribution in [1.82, 2.24) is 4.31 Å². The lowest BCUT2D eigenvalue weighted by molar-refractivity contribution is -0.114. The summed E-state index contributed by atoms with van der Waals surface area (Å²) < 4.78 is 54.9. The van der Waals surface area contributed by atoms with Crippen LogP contribution in [0.4, 0.5) is 11.4 Å². The second kappa shape index (κ2) is 11.7. The van der Waals surface area contributed by atoms with Gasteiger partial charge >= 0.3 is 0 Å². The van der Waals surface area contributed by atoms with Gasteiger partial charge in [-0.05, 0) is 54.4 Å². The number of hydrogen-bond donors (Lipinski definition) is 1. The summed E-state index contributed by atoms with van der Waals surface area (Å²) in [5.41, 5.74) is 1.58. The Morgan fingerprint density at radius 2 is 1.28 bits per heavy atom. The monoisotopic (exact) mass is 529 g/mol. The van der Waals surface area contributed by atoms with Crippen LogP contribution in [0.15, 0.2) is 88.7 Å². The maximum absolute atomic E-state index is 13.5. The molecule has 36 heavy (non-hydrogen) atoms. The van der Waals surface area contributed by atoms with Crippen molar-refractivity contribution in [2.45, 2.75) is 37.0 Å². The number of aryl methyl sites for hydroxylation is 1. The third-order valence-corrected chi connectivity index (χ3v) is 9.58. The van der Waals surface area contributed by atoms with Crippen molar-refractivity contribution in [3.8, 4) is 0 Å².